The number of rotatable bonds is 2. The average molecular weight is 182 g/mol. The van der Waals surface area contributed by atoms with Crippen molar-refractivity contribution in [3.05, 3.63) is 0 Å². The number of likely N-dealkylation sites (tertiary alicyclic amines) is 1. The largest absolute Gasteiger partial charge is 0.330 e. The summed E-state index contributed by atoms with van der Waals surface area (Å²) in [5.74, 6) is 0.976. The molecule has 2 atom stereocenters. The van der Waals surface area contributed by atoms with Gasteiger partial charge in [-0.3, -0.25) is 0 Å². The Morgan fingerprint density at radius 1 is 1.38 bits per heavy atom. The molecule has 1 aliphatic heterocycles. The molecular weight excluding hydrogens is 160 g/mol. The summed E-state index contributed by atoms with van der Waals surface area (Å²) in [7, 11) is 2.25. The van der Waals surface area contributed by atoms with Crippen LogP contribution in [0.2, 0.25) is 0 Å². The minimum atomic E-state index is 0.740. The average Bonchev–Trinajstić information content (AvgIpc) is 2.80. The minimum absolute atomic E-state index is 0.740. The van der Waals surface area contributed by atoms with Crippen LogP contribution in [-0.2, 0) is 0 Å². The number of hydrogen-bond acceptors (Lipinski definition) is 2. The van der Waals surface area contributed by atoms with Crippen molar-refractivity contribution >= 4 is 0 Å². The molecule has 0 aromatic rings. The topological polar surface area (TPSA) is 29.3 Å². The van der Waals surface area contributed by atoms with Crippen LogP contribution in [0, 0.1) is 11.3 Å². The van der Waals surface area contributed by atoms with E-state index in [2.05, 4.69) is 11.9 Å². The van der Waals surface area contributed by atoms with E-state index in [9.17, 15) is 0 Å². The second-order valence-corrected chi connectivity index (χ2v) is 5.00. The maximum Gasteiger partial charge on any atom is -0.00164 e. The Morgan fingerprint density at radius 2 is 2.23 bits per heavy atom. The first kappa shape index (κ1) is 9.47. The van der Waals surface area contributed by atoms with Crippen molar-refractivity contribution in [3.8, 4) is 0 Å². The van der Waals surface area contributed by atoms with Gasteiger partial charge in [0.15, 0.2) is 0 Å². The number of nitrogens with two attached hydrogens (primary N) is 1. The van der Waals surface area contributed by atoms with E-state index in [1.807, 2.05) is 0 Å². The zero-order chi connectivity index (χ0) is 9.31. The Hall–Kier alpha value is -0.0800. The van der Waals surface area contributed by atoms with Crippen LogP contribution in [0.3, 0.4) is 0 Å². The molecule has 1 saturated heterocycles. The number of hydrogen-bond donors (Lipinski definition) is 1. The Labute approximate surface area is 81.5 Å². The zero-order valence-corrected chi connectivity index (χ0v) is 8.76. The summed E-state index contributed by atoms with van der Waals surface area (Å²) in [6.45, 7) is 3.50. The van der Waals surface area contributed by atoms with E-state index in [4.69, 9.17) is 5.73 Å². The third kappa shape index (κ3) is 1.89. The third-order valence-corrected chi connectivity index (χ3v) is 4.08. The van der Waals surface area contributed by atoms with Crippen LogP contribution in [0.25, 0.3) is 0 Å². The smallest absolute Gasteiger partial charge is 0.00164 e. The van der Waals surface area contributed by atoms with Gasteiger partial charge in [-0.15, -0.1) is 0 Å². The van der Waals surface area contributed by atoms with Crippen molar-refractivity contribution in [1.29, 1.82) is 0 Å². The predicted molar refractivity (Wildman–Crippen MR) is 55.6 cm³/mol. The van der Waals surface area contributed by atoms with E-state index < -0.39 is 0 Å². The lowest BCUT2D eigenvalue weighted by Crippen LogP contribution is -2.19. The molecule has 2 fully saturated rings. The lowest BCUT2D eigenvalue weighted by molar-refractivity contribution is 0.330. The monoisotopic (exact) mass is 182 g/mol. The normalized spacial score (nSPS) is 40.6. The standard InChI is InChI=1S/C11H22N2/c1-13-7-2-4-11(5-8-13)9-10(11)3-6-12/h10H,2-9,12H2,1H3. The highest BCUT2D eigenvalue weighted by Crippen LogP contribution is 2.60. The van der Waals surface area contributed by atoms with Gasteiger partial charge in [0, 0.05) is 0 Å². The molecule has 2 rings (SSSR count). The highest BCUT2D eigenvalue weighted by Gasteiger charge is 2.52. The molecule has 0 aromatic heterocycles. The van der Waals surface area contributed by atoms with Gasteiger partial charge in [-0.05, 0) is 70.1 Å². The fourth-order valence-electron chi connectivity index (χ4n) is 3.00. The molecular formula is C11H22N2. The van der Waals surface area contributed by atoms with Crippen molar-refractivity contribution in [1.82, 2.24) is 4.90 Å². The highest BCUT2D eigenvalue weighted by molar-refractivity contribution is 5.03. The van der Waals surface area contributed by atoms with Crippen LogP contribution in [0.15, 0.2) is 0 Å². The summed E-state index contributed by atoms with van der Waals surface area (Å²) in [6, 6.07) is 0. The summed E-state index contributed by atoms with van der Waals surface area (Å²) in [5, 5.41) is 0. The summed E-state index contributed by atoms with van der Waals surface area (Å²) in [4.78, 5) is 2.48. The van der Waals surface area contributed by atoms with Crippen LogP contribution < -0.4 is 5.73 Å². The molecule has 0 bridgehead atoms. The van der Waals surface area contributed by atoms with E-state index >= 15 is 0 Å². The summed E-state index contributed by atoms with van der Waals surface area (Å²) < 4.78 is 0. The fourth-order valence-corrected chi connectivity index (χ4v) is 3.00. The molecule has 1 aliphatic carbocycles. The quantitative estimate of drug-likeness (QED) is 0.700. The van der Waals surface area contributed by atoms with E-state index in [1.54, 1.807) is 0 Å². The lowest BCUT2D eigenvalue weighted by Gasteiger charge is -2.14. The molecule has 0 amide bonds. The first-order valence-corrected chi connectivity index (χ1v) is 5.65. The highest BCUT2D eigenvalue weighted by atomic mass is 15.1. The van der Waals surface area contributed by atoms with Crippen LogP contribution in [0.5, 0.6) is 0 Å². The Balaban J connectivity index is 1.87. The Kier molecular flexibility index (Phi) is 2.61. The molecule has 2 heteroatoms. The maximum absolute atomic E-state index is 5.62. The van der Waals surface area contributed by atoms with Gasteiger partial charge >= 0.3 is 0 Å². The molecule has 1 saturated carbocycles. The maximum atomic E-state index is 5.62. The fraction of sp³-hybridized carbons (Fsp3) is 1.00. The van der Waals surface area contributed by atoms with Gasteiger partial charge in [0.2, 0.25) is 0 Å². The third-order valence-electron chi connectivity index (χ3n) is 4.08. The predicted octanol–water partition coefficient (Wildman–Crippen LogP) is 1.46. The van der Waals surface area contributed by atoms with Gasteiger partial charge in [0.05, 0.1) is 0 Å². The summed E-state index contributed by atoms with van der Waals surface area (Å²) >= 11 is 0. The van der Waals surface area contributed by atoms with E-state index in [0.29, 0.717) is 0 Å². The van der Waals surface area contributed by atoms with Gasteiger partial charge in [-0.25, -0.2) is 0 Å². The first-order valence-electron chi connectivity index (χ1n) is 5.65. The minimum Gasteiger partial charge on any atom is -0.330 e. The summed E-state index contributed by atoms with van der Waals surface area (Å²) in [5.41, 5.74) is 6.36. The van der Waals surface area contributed by atoms with Gasteiger partial charge < -0.3 is 10.6 Å². The molecule has 0 aromatic carbocycles. The number of nitrogens with zero attached hydrogens (tertiary/aromatic N) is 1. The van der Waals surface area contributed by atoms with Crippen LogP contribution >= 0.6 is 0 Å². The SMILES string of the molecule is CN1CCCC2(CC1)CC2CCN. The second-order valence-electron chi connectivity index (χ2n) is 5.00. The molecule has 1 heterocycles. The second kappa shape index (κ2) is 3.58. The Morgan fingerprint density at radius 3 is 3.00 bits per heavy atom. The Bertz CT molecular complexity index is 181. The molecule has 2 aliphatic rings. The van der Waals surface area contributed by atoms with Crippen LogP contribution in [0.4, 0.5) is 0 Å². The van der Waals surface area contributed by atoms with E-state index in [-0.39, 0.29) is 0 Å². The van der Waals surface area contributed by atoms with Gasteiger partial charge in [0.25, 0.3) is 0 Å². The van der Waals surface area contributed by atoms with Gasteiger partial charge in [-0.1, -0.05) is 0 Å². The van der Waals surface area contributed by atoms with Crippen molar-refractivity contribution in [2.24, 2.45) is 17.1 Å². The molecule has 0 radical (unpaired) electrons. The molecule has 2 N–H and O–H groups in total. The van der Waals surface area contributed by atoms with Crippen LogP contribution in [0.1, 0.15) is 32.1 Å². The molecule has 2 nitrogen and oxygen atoms in total. The van der Waals surface area contributed by atoms with Gasteiger partial charge in [-0.2, -0.15) is 0 Å². The molecule has 2 unspecified atom stereocenters. The van der Waals surface area contributed by atoms with Crippen molar-refractivity contribution in [2.75, 3.05) is 26.7 Å². The lowest BCUT2D eigenvalue weighted by atomic mass is 9.93. The van der Waals surface area contributed by atoms with E-state index in [0.717, 1.165) is 17.9 Å². The molecule has 76 valence electrons. The van der Waals surface area contributed by atoms with Crippen molar-refractivity contribution < 1.29 is 0 Å². The van der Waals surface area contributed by atoms with Crippen LogP contribution in [-0.4, -0.2) is 31.6 Å². The van der Waals surface area contributed by atoms with Crippen molar-refractivity contribution in [2.45, 2.75) is 32.1 Å². The van der Waals surface area contributed by atoms with Gasteiger partial charge in [0.1, 0.15) is 0 Å². The van der Waals surface area contributed by atoms with Crippen molar-refractivity contribution in [3.63, 3.8) is 0 Å². The first-order chi connectivity index (χ1) is 6.27. The molecule has 1 spiro atoms. The zero-order valence-electron chi connectivity index (χ0n) is 8.76. The van der Waals surface area contributed by atoms with E-state index in [1.165, 1.54) is 45.2 Å². The summed E-state index contributed by atoms with van der Waals surface area (Å²) in [6.07, 6.45) is 7.02. The molecule has 13 heavy (non-hydrogen) atoms.